The summed E-state index contributed by atoms with van der Waals surface area (Å²) < 4.78 is 5.62. The summed E-state index contributed by atoms with van der Waals surface area (Å²) in [7, 11) is 0. The molecule has 1 fully saturated rings. The lowest BCUT2D eigenvalue weighted by Gasteiger charge is -2.38. The molecule has 0 atom stereocenters. The highest BCUT2D eigenvalue weighted by Crippen LogP contribution is 2.35. The maximum Gasteiger partial charge on any atom is 0.270 e. The van der Waals surface area contributed by atoms with E-state index in [4.69, 9.17) is 4.74 Å². The van der Waals surface area contributed by atoms with Crippen LogP contribution in [0, 0.1) is 17.0 Å². The Bertz CT molecular complexity index is 1030. The molecule has 0 aliphatic carbocycles. The number of rotatable bonds is 6. The van der Waals surface area contributed by atoms with Crippen LogP contribution in [0.5, 0.6) is 0 Å². The number of nitrogens with zero attached hydrogens (tertiary/aromatic N) is 3. The number of non-ortho nitro benzene ring substituents is 1. The molecule has 7 nitrogen and oxygen atoms in total. The lowest BCUT2D eigenvalue weighted by Crippen LogP contribution is -2.40. The summed E-state index contributed by atoms with van der Waals surface area (Å²) in [6, 6.07) is 18.8. The molecule has 1 N–H and O–H groups in total. The van der Waals surface area contributed by atoms with Gasteiger partial charge in [-0.05, 0) is 25.3 Å². The molecule has 30 heavy (non-hydrogen) atoms. The number of nitro benzene ring substituents is 1. The summed E-state index contributed by atoms with van der Waals surface area (Å²) >= 11 is 0. The minimum atomic E-state index is -0.410. The van der Waals surface area contributed by atoms with Gasteiger partial charge in [0.15, 0.2) is 5.82 Å². The van der Waals surface area contributed by atoms with Crippen LogP contribution >= 0.6 is 0 Å². The number of aryl methyl sites for hydroxylation is 1. The van der Waals surface area contributed by atoms with E-state index < -0.39 is 4.92 Å². The second kappa shape index (κ2) is 8.59. The van der Waals surface area contributed by atoms with Crippen LogP contribution in [0.1, 0.15) is 24.1 Å². The molecule has 0 saturated carbocycles. The van der Waals surface area contributed by atoms with E-state index in [9.17, 15) is 10.1 Å². The predicted molar refractivity (Wildman–Crippen MR) is 116 cm³/mol. The molecule has 3 aromatic rings. The average Bonchev–Trinajstić information content (AvgIpc) is 2.79. The third-order valence-corrected chi connectivity index (χ3v) is 5.61. The molecular weight excluding hydrogens is 380 g/mol. The number of benzene rings is 2. The summed E-state index contributed by atoms with van der Waals surface area (Å²) in [6.07, 6.45) is 1.87. The van der Waals surface area contributed by atoms with Gasteiger partial charge in [-0.25, -0.2) is 9.97 Å². The van der Waals surface area contributed by atoms with Crippen molar-refractivity contribution in [3.05, 3.63) is 82.0 Å². The monoisotopic (exact) mass is 404 g/mol. The van der Waals surface area contributed by atoms with E-state index in [1.807, 2.05) is 19.1 Å². The number of anilines is 1. The summed E-state index contributed by atoms with van der Waals surface area (Å²) in [5.74, 6) is 1.19. The molecule has 1 saturated heterocycles. The first-order chi connectivity index (χ1) is 14.6. The minimum Gasteiger partial charge on any atom is -0.381 e. The van der Waals surface area contributed by atoms with Crippen LogP contribution in [-0.2, 0) is 10.2 Å². The van der Waals surface area contributed by atoms with Crippen molar-refractivity contribution in [2.75, 3.05) is 25.1 Å². The predicted octanol–water partition coefficient (Wildman–Crippen LogP) is 4.52. The van der Waals surface area contributed by atoms with Gasteiger partial charge >= 0.3 is 0 Å². The van der Waals surface area contributed by atoms with Gasteiger partial charge in [-0.15, -0.1) is 0 Å². The van der Waals surface area contributed by atoms with Crippen molar-refractivity contribution in [2.24, 2.45) is 0 Å². The summed E-state index contributed by atoms with van der Waals surface area (Å²) in [5, 5.41) is 14.6. The molecule has 1 aliphatic rings. The number of aromatic nitrogens is 2. The number of nitrogens with one attached hydrogen (secondary N) is 1. The lowest BCUT2D eigenvalue weighted by molar-refractivity contribution is -0.384. The highest BCUT2D eigenvalue weighted by molar-refractivity contribution is 5.61. The van der Waals surface area contributed by atoms with Crippen LogP contribution in [0.25, 0.3) is 11.4 Å². The van der Waals surface area contributed by atoms with Crippen LogP contribution in [-0.4, -0.2) is 34.6 Å². The molecular formula is C23H24N4O3. The number of nitro groups is 1. The molecule has 0 amide bonds. The molecule has 0 radical (unpaired) electrons. The van der Waals surface area contributed by atoms with Crippen molar-refractivity contribution < 1.29 is 9.66 Å². The number of hydrogen-bond acceptors (Lipinski definition) is 6. The number of hydrogen-bond donors (Lipinski definition) is 1. The van der Waals surface area contributed by atoms with E-state index in [0.29, 0.717) is 17.2 Å². The maximum atomic E-state index is 11.1. The van der Waals surface area contributed by atoms with E-state index in [2.05, 4.69) is 39.6 Å². The molecule has 2 aromatic carbocycles. The van der Waals surface area contributed by atoms with Crippen LogP contribution in [0.15, 0.2) is 60.7 Å². The van der Waals surface area contributed by atoms with Crippen molar-refractivity contribution in [1.29, 1.82) is 0 Å². The molecule has 4 rings (SSSR count). The Morgan fingerprint density at radius 3 is 2.57 bits per heavy atom. The summed E-state index contributed by atoms with van der Waals surface area (Å²) in [5.41, 5.74) is 2.72. The van der Waals surface area contributed by atoms with Gasteiger partial charge in [-0.3, -0.25) is 10.1 Å². The van der Waals surface area contributed by atoms with Crippen molar-refractivity contribution in [3.63, 3.8) is 0 Å². The average molecular weight is 404 g/mol. The van der Waals surface area contributed by atoms with Gasteiger partial charge in [0.25, 0.3) is 5.69 Å². The Balaban J connectivity index is 1.60. The highest BCUT2D eigenvalue weighted by Gasteiger charge is 2.34. The first kappa shape index (κ1) is 20.0. The highest BCUT2D eigenvalue weighted by atomic mass is 16.6. The molecule has 0 bridgehead atoms. The van der Waals surface area contributed by atoms with Gasteiger partial charge in [-0.1, -0.05) is 42.5 Å². The Morgan fingerprint density at radius 2 is 1.83 bits per heavy atom. The van der Waals surface area contributed by atoms with Crippen LogP contribution in [0.2, 0.25) is 0 Å². The zero-order valence-corrected chi connectivity index (χ0v) is 16.9. The van der Waals surface area contributed by atoms with E-state index >= 15 is 0 Å². The Morgan fingerprint density at radius 1 is 1.07 bits per heavy atom. The molecule has 2 heterocycles. The Kier molecular flexibility index (Phi) is 5.72. The first-order valence-corrected chi connectivity index (χ1v) is 10.0. The maximum absolute atomic E-state index is 11.1. The first-order valence-electron chi connectivity index (χ1n) is 10.0. The fourth-order valence-electron chi connectivity index (χ4n) is 3.93. The lowest BCUT2D eigenvalue weighted by atomic mass is 9.74. The zero-order chi connectivity index (χ0) is 21.0. The van der Waals surface area contributed by atoms with E-state index in [-0.39, 0.29) is 11.1 Å². The van der Waals surface area contributed by atoms with Gasteiger partial charge < -0.3 is 10.1 Å². The third-order valence-electron chi connectivity index (χ3n) is 5.61. The van der Waals surface area contributed by atoms with Crippen LogP contribution in [0.3, 0.4) is 0 Å². The molecule has 0 spiro atoms. The normalized spacial score (nSPS) is 15.5. The van der Waals surface area contributed by atoms with E-state index in [0.717, 1.165) is 38.3 Å². The summed E-state index contributed by atoms with van der Waals surface area (Å²) in [4.78, 5) is 19.8. The fourth-order valence-corrected chi connectivity index (χ4v) is 3.93. The van der Waals surface area contributed by atoms with Gasteiger partial charge in [-0.2, -0.15) is 0 Å². The van der Waals surface area contributed by atoms with Crippen LogP contribution in [0.4, 0.5) is 11.5 Å². The third kappa shape index (κ3) is 4.31. The Hall–Kier alpha value is -3.32. The minimum absolute atomic E-state index is 0.0237. The van der Waals surface area contributed by atoms with E-state index in [1.54, 1.807) is 12.1 Å². The number of ether oxygens (including phenoxy) is 1. The van der Waals surface area contributed by atoms with Crippen molar-refractivity contribution in [1.82, 2.24) is 9.97 Å². The van der Waals surface area contributed by atoms with Crippen molar-refractivity contribution >= 4 is 11.5 Å². The van der Waals surface area contributed by atoms with Crippen molar-refractivity contribution in [3.8, 4) is 11.4 Å². The summed E-state index contributed by atoms with van der Waals surface area (Å²) in [6.45, 7) is 4.09. The SMILES string of the molecule is Cc1cc(NCC2(c3ccccc3)CCOCC2)nc(-c2cccc([N+](=O)[O-])c2)n1. The topological polar surface area (TPSA) is 90.2 Å². The van der Waals surface area contributed by atoms with Gasteiger partial charge in [0.05, 0.1) is 4.92 Å². The van der Waals surface area contributed by atoms with Crippen molar-refractivity contribution in [2.45, 2.75) is 25.2 Å². The van der Waals surface area contributed by atoms with Gasteiger partial charge in [0.2, 0.25) is 0 Å². The zero-order valence-electron chi connectivity index (χ0n) is 16.9. The molecule has 0 unspecified atom stereocenters. The smallest absolute Gasteiger partial charge is 0.270 e. The fraction of sp³-hybridized carbons (Fsp3) is 0.304. The Labute approximate surface area is 175 Å². The van der Waals surface area contributed by atoms with E-state index in [1.165, 1.54) is 17.7 Å². The van der Waals surface area contributed by atoms with Crippen LogP contribution < -0.4 is 5.32 Å². The molecule has 7 heteroatoms. The molecule has 154 valence electrons. The second-order valence-electron chi connectivity index (χ2n) is 7.64. The van der Waals surface area contributed by atoms with Gasteiger partial charge in [0, 0.05) is 54.6 Å². The second-order valence-corrected chi connectivity index (χ2v) is 7.64. The largest absolute Gasteiger partial charge is 0.381 e. The quantitative estimate of drug-likeness (QED) is 0.480. The van der Waals surface area contributed by atoms with Gasteiger partial charge in [0.1, 0.15) is 5.82 Å². The molecule has 1 aliphatic heterocycles. The standard InChI is InChI=1S/C23H24N4O3/c1-17-14-21(26-22(25-17)18-6-5-9-20(15-18)27(28)29)24-16-23(10-12-30-13-11-23)19-7-3-2-4-8-19/h2-9,14-15H,10-13,16H2,1H3,(H,24,25,26). The molecule has 1 aromatic heterocycles.